The molecule has 2 heterocycles. The summed E-state index contributed by atoms with van der Waals surface area (Å²) in [6.07, 6.45) is -0.391. The lowest BCUT2D eigenvalue weighted by Gasteiger charge is -2.31. The molecule has 2 fully saturated rings. The Bertz CT molecular complexity index is 354. The predicted octanol–water partition coefficient (Wildman–Crippen LogP) is 1.99. The van der Waals surface area contributed by atoms with Crippen LogP contribution in [-0.2, 0) is 4.74 Å². The number of nitrogens with one attached hydrogen (secondary N) is 1. The number of hydrogen-bond donors (Lipinski definition) is 1. The van der Waals surface area contributed by atoms with Crippen LogP contribution in [-0.4, -0.2) is 47.7 Å². The molecule has 1 unspecified atom stereocenters. The molecule has 2 aliphatic rings. The maximum atomic E-state index is 13.8. The van der Waals surface area contributed by atoms with Crippen molar-refractivity contribution in [3.8, 4) is 0 Å². The van der Waals surface area contributed by atoms with E-state index in [1.165, 1.54) is 4.90 Å². The monoisotopic (exact) mass is 262 g/mol. The molecule has 0 aromatic heterocycles. The molecule has 0 aromatic rings. The van der Waals surface area contributed by atoms with Crippen molar-refractivity contribution in [3.05, 3.63) is 0 Å². The molecule has 104 valence electrons. The van der Waals surface area contributed by atoms with Gasteiger partial charge in [-0.25, -0.2) is 13.6 Å². The van der Waals surface area contributed by atoms with Gasteiger partial charge >= 0.3 is 6.09 Å². The fourth-order valence-corrected chi connectivity index (χ4v) is 2.56. The second-order valence-electron chi connectivity index (χ2n) is 6.12. The fraction of sp³-hybridized carbons (Fsp3) is 0.917. The molecular weight excluding hydrogens is 242 g/mol. The van der Waals surface area contributed by atoms with Crippen LogP contribution in [0.3, 0.4) is 0 Å². The smallest absolute Gasteiger partial charge is 0.410 e. The number of carbonyl (C=O) groups excluding carboxylic acids is 1. The molecule has 1 amide bonds. The second kappa shape index (κ2) is 4.05. The van der Waals surface area contributed by atoms with Crippen LogP contribution in [0.5, 0.6) is 0 Å². The number of likely N-dealkylation sites (tertiary alicyclic amines) is 1. The van der Waals surface area contributed by atoms with Crippen LogP contribution in [0.25, 0.3) is 0 Å². The van der Waals surface area contributed by atoms with Crippen LogP contribution in [0.2, 0.25) is 0 Å². The molecule has 4 nitrogen and oxygen atoms in total. The first kappa shape index (κ1) is 13.5. The Labute approximate surface area is 106 Å². The van der Waals surface area contributed by atoms with Crippen LogP contribution in [0.1, 0.15) is 33.6 Å². The zero-order valence-electron chi connectivity index (χ0n) is 11.1. The van der Waals surface area contributed by atoms with E-state index in [-0.39, 0.29) is 19.4 Å². The van der Waals surface area contributed by atoms with Gasteiger partial charge in [0.2, 0.25) is 0 Å². The van der Waals surface area contributed by atoms with Gasteiger partial charge in [0.15, 0.2) is 0 Å². The molecule has 0 saturated carbocycles. The van der Waals surface area contributed by atoms with Crippen LogP contribution >= 0.6 is 0 Å². The van der Waals surface area contributed by atoms with Crippen molar-refractivity contribution in [2.75, 3.05) is 19.6 Å². The van der Waals surface area contributed by atoms with Gasteiger partial charge in [-0.2, -0.15) is 0 Å². The fourth-order valence-electron chi connectivity index (χ4n) is 2.56. The molecule has 2 aliphatic heterocycles. The number of rotatable bonds is 0. The zero-order chi connectivity index (χ0) is 13.6. The van der Waals surface area contributed by atoms with Gasteiger partial charge in [0, 0.05) is 26.1 Å². The molecular formula is C12H20F2N2O2. The summed E-state index contributed by atoms with van der Waals surface area (Å²) in [5.74, 6) is -2.75. The van der Waals surface area contributed by atoms with E-state index < -0.39 is 23.2 Å². The molecule has 1 spiro atoms. The Hall–Kier alpha value is -0.910. The highest BCUT2D eigenvalue weighted by Crippen LogP contribution is 2.42. The lowest BCUT2D eigenvalue weighted by molar-refractivity contribution is -0.0564. The van der Waals surface area contributed by atoms with Crippen molar-refractivity contribution in [3.63, 3.8) is 0 Å². The maximum absolute atomic E-state index is 13.8. The summed E-state index contributed by atoms with van der Waals surface area (Å²) in [4.78, 5) is 13.2. The number of amides is 1. The molecule has 2 saturated heterocycles. The van der Waals surface area contributed by atoms with Crippen molar-refractivity contribution in [2.24, 2.45) is 0 Å². The van der Waals surface area contributed by atoms with Gasteiger partial charge in [-0.05, 0) is 27.2 Å². The van der Waals surface area contributed by atoms with Crippen LogP contribution < -0.4 is 5.32 Å². The Morgan fingerprint density at radius 2 is 2.00 bits per heavy atom. The summed E-state index contributed by atoms with van der Waals surface area (Å²) in [6.45, 7) is 5.93. The number of nitrogens with zero attached hydrogens (tertiary/aromatic N) is 1. The maximum Gasteiger partial charge on any atom is 0.410 e. The van der Waals surface area contributed by atoms with Gasteiger partial charge in [-0.1, -0.05) is 0 Å². The number of hydrogen-bond acceptors (Lipinski definition) is 3. The summed E-state index contributed by atoms with van der Waals surface area (Å²) in [7, 11) is 0. The summed E-state index contributed by atoms with van der Waals surface area (Å²) in [6, 6.07) is 0. The van der Waals surface area contributed by atoms with Gasteiger partial charge in [0.05, 0.1) is 0 Å². The summed E-state index contributed by atoms with van der Waals surface area (Å²) < 4.78 is 32.9. The SMILES string of the molecule is CC(C)(C)OC(=O)N1CCC2(C1)NCCC2(F)F. The van der Waals surface area contributed by atoms with Crippen LogP contribution in [0, 0.1) is 0 Å². The highest BCUT2D eigenvalue weighted by molar-refractivity contribution is 5.68. The van der Waals surface area contributed by atoms with E-state index >= 15 is 0 Å². The first-order valence-electron chi connectivity index (χ1n) is 6.26. The third-order valence-corrected chi connectivity index (χ3v) is 3.52. The average molecular weight is 262 g/mol. The number of carbonyl (C=O) groups is 1. The van der Waals surface area contributed by atoms with Crippen molar-refractivity contribution in [1.82, 2.24) is 10.2 Å². The van der Waals surface area contributed by atoms with E-state index in [9.17, 15) is 13.6 Å². The Morgan fingerprint density at radius 1 is 1.33 bits per heavy atom. The molecule has 6 heteroatoms. The lowest BCUT2D eigenvalue weighted by Crippen LogP contribution is -2.54. The highest BCUT2D eigenvalue weighted by Gasteiger charge is 2.60. The van der Waals surface area contributed by atoms with E-state index in [4.69, 9.17) is 4.74 Å². The lowest BCUT2D eigenvalue weighted by atomic mass is 9.92. The van der Waals surface area contributed by atoms with E-state index in [2.05, 4.69) is 5.32 Å². The zero-order valence-corrected chi connectivity index (χ0v) is 11.1. The quantitative estimate of drug-likeness (QED) is 0.726. The molecule has 1 N–H and O–H groups in total. The standard InChI is InChI=1S/C12H20F2N2O2/c1-10(2,3)18-9(17)16-7-5-11(8-16)12(13,14)4-6-15-11/h15H,4-8H2,1-3H3. The second-order valence-corrected chi connectivity index (χ2v) is 6.12. The summed E-state index contributed by atoms with van der Waals surface area (Å²) >= 11 is 0. The molecule has 0 bridgehead atoms. The van der Waals surface area contributed by atoms with Gasteiger partial charge in [0.1, 0.15) is 11.1 Å². The first-order valence-corrected chi connectivity index (χ1v) is 6.26. The Balaban J connectivity index is 2.03. The van der Waals surface area contributed by atoms with Crippen LogP contribution in [0.4, 0.5) is 13.6 Å². The number of alkyl halides is 2. The molecule has 0 aliphatic carbocycles. The summed E-state index contributed by atoms with van der Waals surface area (Å²) in [5.41, 5.74) is -1.84. The topological polar surface area (TPSA) is 41.6 Å². The Morgan fingerprint density at radius 3 is 2.50 bits per heavy atom. The molecule has 2 rings (SSSR count). The Kier molecular flexibility index (Phi) is 3.04. The minimum Gasteiger partial charge on any atom is -0.444 e. The minimum absolute atomic E-state index is 0.0227. The highest BCUT2D eigenvalue weighted by atomic mass is 19.3. The van der Waals surface area contributed by atoms with Gasteiger partial charge in [0.25, 0.3) is 5.92 Å². The number of ether oxygens (including phenoxy) is 1. The summed E-state index contributed by atoms with van der Waals surface area (Å²) in [5, 5.41) is 2.87. The van der Waals surface area contributed by atoms with Gasteiger partial charge in [-0.15, -0.1) is 0 Å². The van der Waals surface area contributed by atoms with E-state index in [0.29, 0.717) is 13.1 Å². The van der Waals surface area contributed by atoms with Crippen LogP contribution in [0.15, 0.2) is 0 Å². The third kappa shape index (κ3) is 2.30. The van der Waals surface area contributed by atoms with E-state index in [0.717, 1.165) is 0 Å². The van der Waals surface area contributed by atoms with E-state index in [1.54, 1.807) is 20.8 Å². The minimum atomic E-state index is -2.75. The largest absolute Gasteiger partial charge is 0.444 e. The molecule has 18 heavy (non-hydrogen) atoms. The predicted molar refractivity (Wildman–Crippen MR) is 62.7 cm³/mol. The average Bonchev–Trinajstić information content (AvgIpc) is 2.71. The molecule has 0 radical (unpaired) electrons. The molecule has 0 aromatic carbocycles. The third-order valence-electron chi connectivity index (χ3n) is 3.52. The molecule has 1 atom stereocenters. The normalized spacial score (nSPS) is 31.1. The van der Waals surface area contributed by atoms with Crippen molar-refractivity contribution in [1.29, 1.82) is 0 Å². The van der Waals surface area contributed by atoms with Gasteiger partial charge in [-0.3, -0.25) is 0 Å². The van der Waals surface area contributed by atoms with Crippen molar-refractivity contribution >= 4 is 6.09 Å². The van der Waals surface area contributed by atoms with Crippen molar-refractivity contribution in [2.45, 2.75) is 50.7 Å². The first-order chi connectivity index (χ1) is 8.15. The van der Waals surface area contributed by atoms with Gasteiger partial charge < -0.3 is 15.0 Å². The van der Waals surface area contributed by atoms with E-state index in [1.807, 2.05) is 0 Å². The number of halogens is 2. The van der Waals surface area contributed by atoms with Crippen molar-refractivity contribution < 1.29 is 18.3 Å².